The van der Waals surface area contributed by atoms with E-state index in [0.29, 0.717) is 22.6 Å². The molecule has 0 bridgehead atoms. The highest BCUT2D eigenvalue weighted by atomic mass is 19.1. The van der Waals surface area contributed by atoms with Gasteiger partial charge < -0.3 is 4.42 Å². The molecular weight excluding hydrogens is 462 g/mol. The molecule has 0 aliphatic rings. The number of hydrogen-bond donors (Lipinski definition) is 0. The third-order valence-corrected chi connectivity index (χ3v) is 5.49. The summed E-state index contributed by atoms with van der Waals surface area (Å²) in [5.74, 6) is -1.95. The molecule has 1 heterocycles. The maximum absolute atomic E-state index is 13.7. The zero-order valence-electron chi connectivity index (χ0n) is 18.8. The number of carbonyl (C=O) groups excluding carboxylic acids is 2. The smallest absolute Gasteiger partial charge is 0.313 e. The van der Waals surface area contributed by atoms with Crippen LogP contribution in [0.5, 0.6) is 0 Å². The minimum atomic E-state index is -0.719. The van der Waals surface area contributed by atoms with Crippen LogP contribution in [-0.4, -0.2) is 16.4 Å². The molecule has 1 amide bonds. The molecule has 0 N–H and O–H groups in total. The first kappa shape index (κ1) is 22.9. The predicted octanol–water partition coefficient (Wildman–Crippen LogP) is 6.12. The molecule has 0 aliphatic carbocycles. The first-order chi connectivity index (χ1) is 17.5. The number of carbonyl (C=O) groups is 2. The fraction of sp³-hybridized carbons (Fsp3) is 0. The van der Waals surface area contributed by atoms with Gasteiger partial charge in [0.05, 0.1) is 0 Å². The number of rotatable bonds is 4. The zero-order chi connectivity index (χ0) is 25.1. The van der Waals surface area contributed by atoms with Gasteiger partial charge in [-0.05, 0) is 48.5 Å². The van der Waals surface area contributed by atoms with E-state index >= 15 is 0 Å². The second kappa shape index (κ2) is 9.76. The monoisotopic (exact) mass is 480 g/mol. The first-order valence-electron chi connectivity index (χ1n) is 11.0. The Morgan fingerprint density at radius 2 is 1.14 bits per heavy atom. The molecule has 0 unspecified atom stereocenters. The summed E-state index contributed by atoms with van der Waals surface area (Å²) in [4.78, 5) is 30.8. The molecule has 4 aromatic carbocycles. The normalized spacial score (nSPS) is 11.4. The molecule has 0 saturated carbocycles. The quantitative estimate of drug-likeness (QED) is 0.311. The van der Waals surface area contributed by atoms with Crippen molar-refractivity contribution in [1.29, 1.82) is 0 Å². The van der Waals surface area contributed by atoms with Crippen molar-refractivity contribution in [2.75, 3.05) is 0 Å². The highest BCUT2D eigenvalue weighted by molar-refractivity contribution is 6.00. The lowest BCUT2D eigenvalue weighted by molar-refractivity contribution is 0.0949. The van der Waals surface area contributed by atoms with Gasteiger partial charge in [-0.3, -0.25) is 9.59 Å². The van der Waals surface area contributed by atoms with Crippen LogP contribution in [-0.2, 0) is 0 Å². The lowest BCUT2D eigenvalue weighted by atomic mass is 10.1. The van der Waals surface area contributed by atoms with E-state index in [1.54, 1.807) is 12.1 Å². The van der Waals surface area contributed by atoms with Gasteiger partial charge in [0, 0.05) is 22.3 Å². The van der Waals surface area contributed by atoms with Crippen molar-refractivity contribution in [3.05, 3.63) is 138 Å². The van der Waals surface area contributed by atoms with E-state index in [1.165, 1.54) is 41.0 Å². The fourth-order valence-corrected chi connectivity index (χ4v) is 3.75. The SMILES string of the molecule is O=C(N=c1oc(-c2ccccc2)c(-c2ccccc2)n1C(=O)c1ccc(F)cc1)c1ccc(F)cc1. The molecule has 0 saturated heterocycles. The van der Waals surface area contributed by atoms with Gasteiger partial charge in [-0.15, -0.1) is 0 Å². The van der Waals surface area contributed by atoms with Crippen molar-refractivity contribution < 1.29 is 22.8 Å². The van der Waals surface area contributed by atoms with Crippen LogP contribution in [0.4, 0.5) is 8.78 Å². The molecule has 0 aliphatic heterocycles. The van der Waals surface area contributed by atoms with E-state index in [1.807, 2.05) is 48.5 Å². The van der Waals surface area contributed by atoms with Crippen LogP contribution in [0.1, 0.15) is 20.7 Å². The Labute approximate surface area is 204 Å². The van der Waals surface area contributed by atoms with E-state index in [9.17, 15) is 18.4 Å². The van der Waals surface area contributed by atoms with Crippen molar-refractivity contribution in [2.45, 2.75) is 0 Å². The molecule has 0 fully saturated rings. The zero-order valence-corrected chi connectivity index (χ0v) is 18.8. The third kappa shape index (κ3) is 4.54. The highest BCUT2D eigenvalue weighted by Crippen LogP contribution is 2.32. The van der Waals surface area contributed by atoms with Crippen LogP contribution < -0.4 is 5.68 Å². The molecule has 5 nitrogen and oxygen atoms in total. The lowest BCUT2D eigenvalue weighted by Gasteiger charge is -2.08. The number of amides is 1. The summed E-state index contributed by atoms with van der Waals surface area (Å²) in [5, 5.41) is 0. The fourth-order valence-electron chi connectivity index (χ4n) is 3.75. The van der Waals surface area contributed by atoms with E-state index in [2.05, 4.69) is 4.99 Å². The van der Waals surface area contributed by atoms with Crippen molar-refractivity contribution in [3.63, 3.8) is 0 Å². The Kier molecular flexibility index (Phi) is 6.19. The molecule has 176 valence electrons. The molecule has 5 aromatic rings. The van der Waals surface area contributed by atoms with Gasteiger partial charge in [-0.1, -0.05) is 60.7 Å². The largest absolute Gasteiger partial charge is 0.422 e. The topological polar surface area (TPSA) is 64.6 Å². The summed E-state index contributed by atoms with van der Waals surface area (Å²) < 4.78 is 34.2. The van der Waals surface area contributed by atoms with Gasteiger partial charge in [0.1, 0.15) is 17.3 Å². The van der Waals surface area contributed by atoms with E-state index < -0.39 is 23.4 Å². The summed E-state index contributed by atoms with van der Waals surface area (Å²) >= 11 is 0. The second-order valence-corrected chi connectivity index (χ2v) is 7.87. The molecule has 0 atom stereocenters. The third-order valence-electron chi connectivity index (χ3n) is 5.49. The van der Waals surface area contributed by atoms with Crippen LogP contribution in [0.25, 0.3) is 22.6 Å². The van der Waals surface area contributed by atoms with Gasteiger partial charge >= 0.3 is 5.68 Å². The number of halogens is 2. The van der Waals surface area contributed by atoms with Gasteiger partial charge in [0.2, 0.25) is 0 Å². The molecule has 0 spiro atoms. The van der Waals surface area contributed by atoms with Gasteiger partial charge in [0.15, 0.2) is 5.76 Å². The maximum Gasteiger partial charge on any atom is 0.313 e. The number of aromatic nitrogens is 1. The van der Waals surface area contributed by atoms with Crippen LogP contribution in [0.2, 0.25) is 0 Å². The van der Waals surface area contributed by atoms with Crippen molar-refractivity contribution >= 4 is 11.8 Å². The lowest BCUT2D eigenvalue weighted by Crippen LogP contribution is -2.26. The Morgan fingerprint density at radius 1 is 0.639 bits per heavy atom. The number of oxazole rings is 1. The molecule has 0 radical (unpaired) electrons. The van der Waals surface area contributed by atoms with Crippen molar-refractivity contribution in [1.82, 2.24) is 4.57 Å². The van der Waals surface area contributed by atoms with Gasteiger partial charge in [0.25, 0.3) is 11.8 Å². The number of benzene rings is 4. The van der Waals surface area contributed by atoms with E-state index in [0.717, 1.165) is 12.1 Å². The Morgan fingerprint density at radius 3 is 1.69 bits per heavy atom. The van der Waals surface area contributed by atoms with Crippen molar-refractivity contribution in [2.24, 2.45) is 4.99 Å². The van der Waals surface area contributed by atoms with Gasteiger partial charge in [-0.25, -0.2) is 13.3 Å². The second-order valence-electron chi connectivity index (χ2n) is 7.87. The molecule has 1 aromatic heterocycles. The maximum atomic E-state index is 13.7. The van der Waals surface area contributed by atoms with Crippen LogP contribution in [0.3, 0.4) is 0 Å². The average molecular weight is 480 g/mol. The summed E-state index contributed by atoms with van der Waals surface area (Å²) in [5.41, 5.74) is 1.71. The highest BCUT2D eigenvalue weighted by Gasteiger charge is 2.25. The average Bonchev–Trinajstić information content (AvgIpc) is 3.29. The summed E-state index contributed by atoms with van der Waals surface area (Å²) in [6.45, 7) is 0. The van der Waals surface area contributed by atoms with Crippen LogP contribution in [0.15, 0.2) is 119 Å². The van der Waals surface area contributed by atoms with Gasteiger partial charge in [-0.2, -0.15) is 4.99 Å². The molecule has 7 heteroatoms. The van der Waals surface area contributed by atoms with E-state index in [4.69, 9.17) is 4.42 Å². The predicted molar refractivity (Wildman–Crippen MR) is 130 cm³/mol. The summed E-state index contributed by atoms with van der Waals surface area (Å²) in [7, 11) is 0. The standard InChI is InChI=1S/C29H18F2N2O3/c30-23-15-11-21(12-16-23)27(34)32-29-33(28(35)22-13-17-24(31)18-14-22)25(19-7-3-1-4-8-19)26(36-29)20-9-5-2-6-10-20/h1-18H. The summed E-state index contributed by atoms with van der Waals surface area (Å²) in [6.07, 6.45) is 0. The Balaban J connectivity index is 1.80. The van der Waals surface area contributed by atoms with Crippen LogP contribution in [0, 0.1) is 11.6 Å². The van der Waals surface area contributed by atoms with Crippen molar-refractivity contribution in [3.8, 4) is 22.6 Å². The minimum Gasteiger partial charge on any atom is -0.422 e. The van der Waals surface area contributed by atoms with E-state index in [-0.39, 0.29) is 16.8 Å². The number of nitrogens with zero attached hydrogens (tertiary/aromatic N) is 2. The molecule has 36 heavy (non-hydrogen) atoms. The molecule has 5 rings (SSSR count). The number of hydrogen-bond acceptors (Lipinski definition) is 3. The minimum absolute atomic E-state index is 0.121. The summed E-state index contributed by atoms with van der Waals surface area (Å²) in [6, 6.07) is 28.1. The van der Waals surface area contributed by atoms with Crippen LogP contribution >= 0.6 is 0 Å². The Hall–Kier alpha value is -4.91. The Bertz CT molecular complexity index is 1600. The first-order valence-corrected chi connectivity index (χ1v) is 11.0. The molecular formula is C29H18F2N2O3.